The Kier molecular flexibility index (Phi) is 7.57. The number of rotatable bonds is 8. The highest BCUT2D eigenvalue weighted by atomic mass is 19.1. The van der Waals surface area contributed by atoms with E-state index in [-0.39, 0.29) is 37.4 Å². The lowest BCUT2D eigenvalue weighted by atomic mass is 10.3. The van der Waals surface area contributed by atoms with Crippen LogP contribution in [0.2, 0.25) is 0 Å². The zero-order valence-corrected chi connectivity index (χ0v) is 15.2. The summed E-state index contributed by atoms with van der Waals surface area (Å²) < 4.78 is 23.5. The molecule has 0 aromatic heterocycles. The molecule has 0 atom stereocenters. The Morgan fingerprint density at radius 2 is 1.67 bits per heavy atom. The van der Waals surface area contributed by atoms with Gasteiger partial charge in [-0.1, -0.05) is 12.1 Å². The Balaban J connectivity index is 1.78. The SMILES string of the molecule is COCC(=O)Nc1ccc(NC(=O)N(C)CCOc2ccccc2F)cc1. The van der Waals surface area contributed by atoms with E-state index in [0.29, 0.717) is 11.4 Å². The summed E-state index contributed by atoms with van der Waals surface area (Å²) in [6, 6.07) is 12.5. The Morgan fingerprint density at radius 1 is 1.04 bits per heavy atom. The van der Waals surface area contributed by atoms with Gasteiger partial charge < -0.3 is 25.0 Å². The number of nitrogens with one attached hydrogen (secondary N) is 2. The normalized spacial score (nSPS) is 10.2. The molecule has 0 saturated heterocycles. The van der Waals surface area contributed by atoms with Crippen LogP contribution in [-0.4, -0.2) is 50.8 Å². The van der Waals surface area contributed by atoms with Crippen molar-refractivity contribution in [1.82, 2.24) is 4.90 Å². The minimum absolute atomic E-state index is 0.0295. The van der Waals surface area contributed by atoms with Crippen molar-refractivity contribution >= 4 is 23.3 Å². The number of anilines is 2. The fraction of sp³-hybridized carbons (Fsp3) is 0.263. The Hall–Kier alpha value is -3.13. The third kappa shape index (κ3) is 6.59. The standard InChI is InChI=1S/C19H22FN3O4/c1-23(11-12-27-17-6-4-3-5-16(17)20)19(25)22-15-9-7-14(8-10-15)21-18(24)13-26-2/h3-10H,11-13H2,1-2H3,(H,21,24)(H,22,25). The molecule has 0 heterocycles. The minimum atomic E-state index is -0.442. The van der Waals surface area contributed by atoms with Crippen molar-refractivity contribution in [3.05, 3.63) is 54.3 Å². The predicted octanol–water partition coefficient (Wildman–Crippen LogP) is 2.95. The molecule has 2 rings (SSSR count). The quantitative estimate of drug-likeness (QED) is 0.743. The van der Waals surface area contributed by atoms with Crippen LogP contribution in [0.4, 0.5) is 20.6 Å². The van der Waals surface area contributed by atoms with Gasteiger partial charge in [-0.2, -0.15) is 0 Å². The van der Waals surface area contributed by atoms with Gasteiger partial charge in [0.15, 0.2) is 11.6 Å². The van der Waals surface area contributed by atoms with Gasteiger partial charge in [-0.15, -0.1) is 0 Å². The number of methoxy groups -OCH3 is 1. The molecule has 2 aromatic carbocycles. The number of nitrogens with zero attached hydrogens (tertiary/aromatic N) is 1. The molecule has 3 amide bonds. The number of urea groups is 1. The van der Waals surface area contributed by atoms with Crippen molar-refractivity contribution < 1.29 is 23.5 Å². The van der Waals surface area contributed by atoms with Crippen LogP contribution in [0.15, 0.2) is 48.5 Å². The van der Waals surface area contributed by atoms with Crippen LogP contribution in [0.3, 0.4) is 0 Å². The molecule has 0 radical (unpaired) electrons. The van der Waals surface area contributed by atoms with Crippen molar-refractivity contribution in [3.8, 4) is 5.75 Å². The van der Waals surface area contributed by atoms with Crippen LogP contribution in [0.5, 0.6) is 5.75 Å². The van der Waals surface area contributed by atoms with E-state index in [4.69, 9.17) is 9.47 Å². The number of hydrogen-bond donors (Lipinski definition) is 2. The van der Waals surface area contributed by atoms with Gasteiger partial charge in [0.25, 0.3) is 0 Å². The fourth-order valence-corrected chi connectivity index (χ4v) is 2.14. The number of likely N-dealkylation sites (N-methyl/N-ethyl adjacent to an activating group) is 1. The molecule has 27 heavy (non-hydrogen) atoms. The van der Waals surface area contributed by atoms with Gasteiger partial charge >= 0.3 is 6.03 Å². The lowest BCUT2D eigenvalue weighted by Crippen LogP contribution is -2.34. The lowest BCUT2D eigenvalue weighted by Gasteiger charge is -2.18. The van der Waals surface area contributed by atoms with Crippen LogP contribution in [0.25, 0.3) is 0 Å². The Bertz CT molecular complexity index is 768. The molecule has 144 valence electrons. The molecule has 7 nitrogen and oxygen atoms in total. The van der Waals surface area contributed by atoms with Crippen molar-refractivity contribution in [2.45, 2.75) is 0 Å². The molecule has 2 aromatic rings. The summed E-state index contributed by atoms with van der Waals surface area (Å²) in [5, 5.41) is 5.39. The van der Waals surface area contributed by atoms with Crippen molar-refractivity contribution in [1.29, 1.82) is 0 Å². The maximum absolute atomic E-state index is 13.5. The number of hydrogen-bond acceptors (Lipinski definition) is 4. The molecular weight excluding hydrogens is 353 g/mol. The number of carbonyl (C=O) groups excluding carboxylic acids is 2. The maximum Gasteiger partial charge on any atom is 0.321 e. The summed E-state index contributed by atoms with van der Waals surface area (Å²) in [6.07, 6.45) is 0. The van der Waals surface area contributed by atoms with E-state index < -0.39 is 5.82 Å². The third-order valence-electron chi connectivity index (χ3n) is 3.56. The van der Waals surface area contributed by atoms with Gasteiger partial charge in [0.2, 0.25) is 5.91 Å². The molecule has 0 bridgehead atoms. The smallest absolute Gasteiger partial charge is 0.321 e. The van der Waals surface area contributed by atoms with E-state index in [1.807, 2.05) is 0 Å². The number of amides is 3. The van der Waals surface area contributed by atoms with Crippen LogP contribution < -0.4 is 15.4 Å². The molecule has 0 aliphatic heterocycles. The number of carbonyl (C=O) groups is 2. The minimum Gasteiger partial charge on any atom is -0.489 e. The second-order valence-corrected chi connectivity index (χ2v) is 5.69. The molecule has 0 spiro atoms. The maximum atomic E-state index is 13.5. The molecule has 0 aliphatic rings. The van der Waals surface area contributed by atoms with Crippen LogP contribution >= 0.6 is 0 Å². The predicted molar refractivity (Wildman–Crippen MR) is 100 cm³/mol. The topological polar surface area (TPSA) is 79.9 Å². The van der Waals surface area contributed by atoms with Gasteiger partial charge in [0, 0.05) is 25.5 Å². The first-order valence-electron chi connectivity index (χ1n) is 8.28. The summed E-state index contributed by atoms with van der Waals surface area (Å²) in [6.45, 7) is 0.416. The Morgan fingerprint density at radius 3 is 2.30 bits per heavy atom. The summed E-state index contributed by atoms with van der Waals surface area (Å²) in [5.41, 5.74) is 1.17. The van der Waals surface area contributed by atoms with Gasteiger partial charge in [-0.05, 0) is 36.4 Å². The zero-order valence-electron chi connectivity index (χ0n) is 15.2. The van der Waals surface area contributed by atoms with E-state index in [1.165, 1.54) is 24.1 Å². The van der Waals surface area contributed by atoms with Crippen molar-refractivity contribution in [2.75, 3.05) is 44.5 Å². The first-order chi connectivity index (χ1) is 13.0. The highest BCUT2D eigenvalue weighted by Gasteiger charge is 2.10. The van der Waals surface area contributed by atoms with Crippen LogP contribution in [0.1, 0.15) is 0 Å². The fourth-order valence-electron chi connectivity index (χ4n) is 2.14. The van der Waals surface area contributed by atoms with Crippen molar-refractivity contribution in [2.24, 2.45) is 0 Å². The molecule has 0 fully saturated rings. The van der Waals surface area contributed by atoms with Crippen LogP contribution in [0, 0.1) is 5.82 Å². The number of benzene rings is 2. The highest BCUT2D eigenvalue weighted by molar-refractivity contribution is 5.93. The van der Waals surface area contributed by atoms with E-state index in [2.05, 4.69) is 10.6 Å². The molecule has 0 aliphatic carbocycles. The van der Waals surface area contributed by atoms with Crippen LogP contribution in [-0.2, 0) is 9.53 Å². The second kappa shape index (κ2) is 10.1. The van der Waals surface area contributed by atoms with E-state index in [0.717, 1.165) is 0 Å². The van der Waals surface area contributed by atoms with E-state index >= 15 is 0 Å². The summed E-state index contributed by atoms with van der Waals surface area (Å²) in [5.74, 6) is -0.552. The molecule has 2 N–H and O–H groups in total. The lowest BCUT2D eigenvalue weighted by molar-refractivity contribution is -0.119. The van der Waals surface area contributed by atoms with E-state index in [1.54, 1.807) is 43.4 Å². The van der Waals surface area contributed by atoms with Gasteiger partial charge in [-0.25, -0.2) is 9.18 Å². The first kappa shape index (κ1) is 20.2. The highest BCUT2D eigenvalue weighted by Crippen LogP contribution is 2.16. The van der Waals surface area contributed by atoms with Gasteiger partial charge in [0.05, 0.1) is 6.54 Å². The molecule has 0 unspecified atom stereocenters. The number of halogens is 1. The number of ether oxygens (including phenoxy) is 2. The average molecular weight is 375 g/mol. The van der Waals surface area contributed by atoms with Gasteiger partial charge in [-0.3, -0.25) is 4.79 Å². The summed E-state index contributed by atoms with van der Waals surface area (Å²) in [4.78, 5) is 25.0. The average Bonchev–Trinajstić information content (AvgIpc) is 2.65. The molecular formula is C19H22FN3O4. The second-order valence-electron chi connectivity index (χ2n) is 5.69. The molecule has 0 saturated carbocycles. The summed E-state index contributed by atoms with van der Waals surface area (Å²) >= 11 is 0. The van der Waals surface area contributed by atoms with Crippen molar-refractivity contribution in [3.63, 3.8) is 0 Å². The largest absolute Gasteiger partial charge is 0.489 e. The van der Waals surface area contributed by atoms with Gasteiger partial charge in [0.1, 0.15) is 13.2 Å². The monoisotopic (exact) mass is 375 g/mol. The number of para-hydroxylation sites is 1. The first-order valence-corrected chi connectivity index (χ1v) is 8.28. The van der Waals surface area contributed by atoms with E-state index in [9.17, 15) is 14.0 Å². The third-order valence-corrected chi connectivity index (χ3v) is 3.56. The summed E-state index contributed by atoms with van der Waals surface area (Å²) in [7, 11) is 3.05. The zero-order chi connectivity index (χ0) is 19.6. The molecule has 8 heteroatoms. The Labute approximate surface area is 157 Å².